The van der Waals surface area contributed by atoms with Gasteiger partial charge in [0.25, 0.3) is 0 Å². The van der Waals surface area contributed by atoms with Gasteiger partial charge in [-0.05, 0) is 31.9 Å². The first kappa shape index (κ1) is 10.1. The molecule has 0 unspecified atom stereocenters. The molecule has 0 saturated heterocycles. The van der Waals surface area contributed by atoms with Crippen molar-refractivity contribution in [1.82, 2.24) is 4.98 Å². The Balaban J connectivity index is 2.70. The van der Waals surface area contributed by atoms with E-state index < -0.39 is 0 Å². The van der Waals surface area contributed by atoms with E-state index in [9.17, 15) is 0 Å². The molecule has 12 heavy (non-hydrogen) atoms. The van der Waals surface area contributed by atoms with E-state index in [-0.39, 0.29) is 0 Å². The smallest absolute Gasteiger partial charge is 0.0930 e. The molecule has 1 rings (SSSR count). The van der Waals surface area contributed by atoms with E-state index in [1.165, 1.54) is 22.0 Å². The summed E-state index contributed by atoms with van der Waals surface area (Å²) in [5.41, 5.74) is 1.21. The number of thiazole rings is 1. The van der Waals surface area contributed by atoms with E-state index in [2.05, 4.69) is 31.5 Å². The number of hydrogen-bond donors (Lipinski definition) is 1. The third-order valence-corrected chi connectivity index (χ3v) is 3.24. The van der Waals surface area contributed by atoms with Crippen molar-refractivity contribution in [2.24, 2.45) is 0 Å². The summed E-state index contributed by atoms with van der Waals surface area (Å²) in [5, 5.41) is 1.28. The summed E-state index contributed by atoms with van der Waals surface area (Å²) in [6.45, 7) is 4.28. The number of nitrogens with zero attached hydrogens (tertiary/aromatic N) is 1. The monoisotopic (exact) mass is 201 g/mol. The molecule has 0 amide bonds. The first-order valence-corrected chi connectivity index (χ1v) is 5.78. The van der Waals surface area contributed by atoms with Gasteiger partial charge >= 0.3 is 0 Å². The summed E-state index contributed by atoms with van der Waals surface area (Å²) in [7, 11) is 0. The lowest BCUT2D eigenvalue weighted by Gasteiger charge is -1.90. The van der Waals surface area contributed by atoms with Crippen molar-refractivity contribution >= 4 is 24.0 Å². The van der Waals surface area contributed by atoms with E-state index >= 15 is 0 Å². The summed E-state index contributed by atoms with van der Waals surface area (Å²) in [4.78, 5) is 5.91. The molecule has 1 nitrogen and oxygen atoms in total. The molecule has 0 fully saturated rings. The van der Waals surface area contributed by atoms with Crippen LogP contribution in [-0.4, -0.2) is 10.7 Å². The Labute approximate surface area is 83.6 Å². The molecule has 1 heterocycles. The molecule has 0 aliphatic rings. The molecule has 0 radical (unpaired) electrons. The number of hydrogen-bond acceptors (Lipinski definition) is 3. The largest absolute Gasteiger partial charge is 0.246 e. The Morgan fingerprint density at radius 3 is 2.75 bits per heavy atom. The molecule has 0 N–H and O–H groups in total. The van der Waals surface area contributed by atoms with Gasteiger partial charge in [0.1, 0.15) is 0 Å². The first-order chi connectivity index (χ1) is 5.77. The highest BCUT2D eigenvalue weighted by Gasteiger charge is 2.05. The van der Waals surface area contributed by atoms with Crippen LogP contribution in [0.15, 0.2) is 0 Å². The lowest BCUT2D eigenvalue weighted by Crippen LogP contribution is -1.84. The van der Waals surface area contributed by atoms with Gasteiger partial charge in [-0.25, -0.2) is 4.98 Å². The van der Waals surface area contributed by atoms with Crippen molar-refractivity contribution in [3.05, 3.63) is 15.6 Å². The molecule has 0 aliphatic carbocycles. The van der Waals surface area contributed by atoms with E-state index in [0.717, 1.165) is 18.6 Å². The van der Waals surface area contributed by atoms with Gasteiger partial charge in [0, 0.05) is 4.88 Å². The van der Waals surface area contributed by atoms with E-state index in [1.807, 2.05) is 11.3 Å². The van der Waals surface area contributed by atoms with Crippen molar-refractivity contribution in [3.8, 4) is 0 Å². The fraction of sp³-hybridized carbons (Fsp3) is 0.667. The molecular formula is C9H15NS2. The van der Waals surface area contributed by atoms with E-state index in [1.54, 1.807) is 0 Å². The van der Waals surface area contributed by atoms with E-state index in [4.69, 9.17) is 0 Å². The molecule has 68 valence electrons. The van der Waals surface area contributed by atoms with Gasteiger partial charge in [-0.1, -0.05) is 6.92 Å². The predicted octanol–water partition coefficient (Wildman–Crippen LogP) is 2.88. The lowest BCUT2D eigenvalue weighted by molar-refractivity contribution is 0.902. The molecule has 0 spiro atoms. The highest BCUT2D eigenvalue weighted by Crippen LogP contribution is 2.19. The zero-order chi connectivity index (χ0) is 8.97. The molecule has 0 saturated carbocycles. The summed E-state index contributed by atoms with van der Waals surface area (Å²) in [5.74, 6) is 0.925. The van der Waals surface area contributed by atoms with Gasteiger partial charge in [-0.3, -0.25) is 0 Å². The molecule has 0 aliphatic heterocycles. The Hall–Kier alpha value is -0.0200. The number of rotatable bonds is 4. The van der Waals surface area contributed by atoms with Crippen LogP contribution in [0.25, 0.3) is 0 Å². The van der Waals surface area contributed by atoms with Crippen LogP contribution in [0.3, 0.4) is 0 Å². The first-order valence-electron chi connectivity index (χ1n) is 4.34. The van der Waals surface area contributed by atoms with Crippen LogP contribution in [0, 0.1) is 6.92 Å². The van der Waals surface area contributed by atoms with Gasteiger partial charge in [-0.2, -0.15) is 12.6 Å². The average molecular weight is 201 g/mol. The fourth-order valence-corrected chi connectivity index (χ4v) is 2.69. The molecule has 0 atom stereocenters. The van der Waals surface area contributed by atoms with Gasteiger partial charge in [-0.15, -0.1) is 11.3 Å². The molecule has 1 aromatic heterocycles. The fourth-order valence-electron chi connectivity index (χ4n) is 1.14. The number of thiol groups is 1. The summed E-state index contributed by atoms with van der Waals surface area (Å²) < 4.78 is 0. The number of aryl methyl sites for hydroxylation is 3. The van der Waals surface area contributed by atoms with Crippen molar-refractivity contribution in [1.29, 1.82) is 0 Å². The maximum absolute atomic E-state index is 4.50. The number of aromatic nitrogens is 1. The van der Waals surface area contributed by atoms with Crippen molar-refractivity contribution in [2.45, 2.75) is 33.1 Å². The SMILES string of the molecule is CCCc1nc(C)c(CCS)s1. The summed E-state index contributed by atoms with van der Waals surface area (Å²) >= 11 is 6.07. The average Bonchev–Trinajstić information content (AvgIpc) is 2.34. The maximum atomic E-state index is 4.50. The highest BCUT2D eigenvalue weighted by atomic mass is 32.1. The Morgan fingerprint density at radius 2 is 2.17 bits per heavy atom. The van der Waals surface area contributed by atoms with Crippen LogP contribution in [0.4, 0.5) is 0 Å². The van der Waals surface area contributed by atoms with Crippen LogP contribution in [-0.2, 0) is 12.8 Å². The van der Waals surface area contributed by atoms with Gasteiger partial charge in [0.15, 0.2) is 0 Å². The topological polar surface area (TPSA) is 12.9 Å². The van der Waals surface area contributed by atoms with Crippen LogP contribution >= 0.6 is 24.0 Å². The second-order valence-electron chi connectivity index (χ2n) is 2.84. The van der Waals surface area contributed by atoms with Crippen molar-refractivity contribution < 1.29 is 0 Å². The Morgan fingerprint density at radius 1 is 1.42 bits per heavy atom. The minimum atomic E-state index is 0.925. The zero-order valence-corrected chi connectivity index (χ0v) is 9.34. The normalized spacial score (nSPS) is 10.6. The summed E-state index contributed by atoms with van der Waals surface area (Å²) in [6.07, 6.45) is 3.38. The van der Waals surface area contributed by atoms with Crippen LogP contribution < -0.4 is 0 Å². The van der Waals surface area contributed by atoms with Crippen LogP contribution in [0.5, 0.6) is 0 Å². The van der Waals surface area contributed by atoms with Crippen LogP contribution in [0.1, 0.15) is 28.9 Å². The van der Waals surface area contributed by atoms with Gasteiger partial charge < -0.3 is 0 Å². The third kappa shape index (κ3) is 2.49. The molecule has 0 aromatic carbocycles. The van der Waals surface area contributed by atoms with E-state index in [0.29, 0.717) is 0 Å². The standard InChI is InChI=1S/C9H15NS2/c1-3-4-9-10-7(2)8(12-9)5-6-11/h11H,3-6H2,1-2H3. The predicted molar refractivity (Wildman–Crippen MR) is 58.4 cm³/mol. The second kappa shape index (κ2) is 4.87. The highest BCUT2D eigenvalue weighted by molar-refractivity contribution is 7.80. The zero-order valence-electron chi connectivity index (χ0n) is 7.63. The minimum Gasteiger partial charge on any atom is -0.246 e. The van der Waals surface area contributed by atoms with Crippen molar-refractivity contribution in [2.75, 3.05) is 5.75 Å². The molecule has 3 heteroatoms. The van der Waals surface area contributed by atoms with Crippen LogP contribution in [0.2, 0.25) is 0 Å². The third-order valence-electron chi connectivity index (χ3n) is 1.74. The quantitative estimate of drug-likeness (QED) is 0.739. The maximum Gasteiger partial charge on any atom is 0.0930 e. The van der Waals surface area contributed by atoms with Crippen molar-refractivity contribution in [3.63, 3.8) is 0 Å². The molecule has 1 aromatic rings. The lowest BCUT2D eigenvalue weighted by atomic mass is 10.3. The summed E-state index contributed by atoms with van der Waals surface area (Å²) in [6, 6.07) is 0. The molecular weight excluding hydrogens is 186 g/mol. The minimum absolute atomic E-state index is 0.925. The second-order valence-corrected chi connectivity index (χ2v) is 4.46. The molecule has 0 bridgehead atoms. The Kier molecular flexibility index (Phi) is 4.09. The van der Waals surface area contributed by atoms with Gasteiger partial charge in [0.05, 0.1) is 10.7 Å². The Bertz CT molecular complexity index is 243. The van der Waals surface area contributed by atoms with Gasteiger partial charge in [0.2, 0.25) is 0 Å².